The van der Waals surface area contributed by atoms with Gasteiger partial charge in [0.1, 0.15) is 5.75 Å². The number of aliphatic hydroxyl groups is 1. The summed E-state index contributed by atoms with van der Waals surface area (Å²) in [6.07, 6.45) is 2.79. The fourth-order valence-electron chi connectivity index (χ4n) is 2.28. The number of aliphatic hydroxyl groups excluding tert-OH is 1. The third kappa shape index (κ3) is 3.13. The van der Waals surface area contributed by atoms with Crippen LogP contribution >= 0.6 is 0 Å². The quantitative estimate of drug-likeness (QED) is 0.831. The summed E-state index contributed by atoms with van der Waals surface area (Å²) >= 11 is 0. The van der Waals surface area contributed by atoms with Gasteiger partial charge in [0.05, 0.1) is 18.1 Å². The van der Waals surface area contributed by atoms with Crippen LogP contribution in [0.3, 0.4) is 0 Å². The van der Waals surface area contributed by atoms with Crippen molar-refractivity contribution in [2.45, 2.75) is 37.1 Å². The van der Waals surface area contributed by atoms with Crippen LogP contribution in [0, 0.1) is 0 Å². The van der Waals surface area contributed by atoms with E-state index in [-0.39, 0.29) is 24.1 Å². The number of rotatable bonds is 7. The van der Waals surface area contributed by atoms with Crippen LogP contribution in [0.25, 0.3) is 0 Å². The highest BCUT2D eigenvalue weighted by molar-refractivity contribution is 7.89. The first-order valence-corrected chi connectivity index (χ1v) is 8.39. The number of ether oxygens (including phenoxy) is 1. The van der Waals surface area contributed by atoms with Crippen LogP contribution < -0.4 is 4.74 Å². The molecule has 0 bridgehead atoms. The molecule has 5 nitrogen and oxygen atoms in total. The Morgan fingerprint density at radius 2 is 1.95 bits per heavy atom. The lowest BCUT2D eigenvalue weighted by atomic mass is 9.93. The van der Waals surface area contributed by atoms with Gasteiger partial charge >= 0.3 is 0 Å². The molecule has 0 aromatic heterocycles. The minimum Gasteiger partial charge on any atom is -0.494 e. The van der Waals surface area contributed by atoms with E-state index < -0.39 is 10.0 Å². The predicted octanol–water partition coefficient (Wildman–Crippen LogP) is 1.62. The molecule has 0 spiro atoms. The molecule has 1 saturated carbocycles. The smallest absolute Gasteiger partial charge is 0.243 e. The number of nitrogens with zero attached hydrogens (tertiary/aromatic N) is 1. The molecule has 20 heavy (non-hydrogen) atoms. The molecule has 1 N–H and O–H groups in total. The number of hydrogen-bond donors (Lipinski definition) is 1. The van der Waals surface area contributed by atoms with Gasteiger partial charge < -0.3 is 9.84 Å². The summed E-state index contributed by atoms with van der Waals surface area (Å²) in [5.74, 6) is 0.656. The van der Waals surface area contributed by atoms with Crippen molar-refractivity contribution in [1.29, 1.82) is 0 Å². The molecule has 0 heterocycles. The molecular formula is C14H21NO4S. The highest BCUT2D eigenvalue weighted by Gasteiger charge is 2.34. The average Bonchev–Trinajstić information content (AvgIpc) is 2.37. The fourth-order valence-corrected chi connectivity index (χ4v) is 3.96. The van der Waals surface area contributed by atoms with E-state index in [4.69, 9.17) is 9.84 Å². The van der Waals surface area contributed by atoms with Gasteiger partial charge in [-0.3, -0.25) is 0 Å². The second-order valence-corrected chi connectivity index (χ2v) is 6.72. The molecule has 1 aliphatic rings. The van der Waals surface area contributed by atoms with E-state index in [2.05, 4.69) is 0 Å². The van der Waals surface area contributed by atoms with Crippen molar-refractivity contribution in [3.8, 4) is 5.75 Å². The van der Waals surface area contributed by atoms with E-state index in [0.717, 1.165) is 19.3 Å². The first kappa shape index (κ1) is 15.3. The Kier molecular flexibility index (Phi) is 5.01. The molecule has 0 unspecified atom stereocenters. The third-order valence-electron chi connectivity index (χ3n) is 3.54. The molecule has 0 radical (unpaired) electrons. The summed E-state index contributed by atoms with van der Waals surface area (Å²) < 4.78 is 31.9. The summed E-state index contributed by atoms with van der Waals surface area (Å²) in [5, 5.41) is 9.10. The number of benzene rings is 1. The number of sulfonamides is 1. The largest absolute Gasteiger partial charge is 0.494 e. The minimum absolute atomic E-state index is 0.0266. The Bertz CT molecular complexity index is 523. The van der Waals surface area contributed by atoms with Gasteiger partial charge in [-0.05, 0) is 44.0 Å². The lowest BCUT2D eigenvalue weighted by Gasteiger charge is -2.36. The van der Waals surface area contributed by atoms with Gasteiger partial charge in [0.2, 0.25) is 10.0 Å². The molecule has 6 heteroatoms. The summed E-state index contributed by atoms with van der Waals surface area (Å²) in [6.45, 7) is 2.42. The Labute approximate surface area is 120 Å². The maximum Gasteiger partial charge on any atom is 0.243 e. The van der Waals surface area contributed by atoms with Crippen molar-refractivity contribution in [2.75, 3.05) is 19.8 Å². The average molecular weight is 299 g/mol. The van der Waals surface area contributed by atoms with Crippen molar-refractivity contribution in [1.82, 2.24) is 4.31 Å². The van der Waals surface area contributed by atoms with Gasteiger partial charge in [-0.25, -0.2) is 8.42 Å². The Morgan fingerprint density at radius 3 is 2.40 bits per heavy atom. The van der Waals surface area contributed by atoms with E-state index in [9.17, 15) is 8.42 Å². The van der Waals surface area contributed by atoms with Gasteiger partial charge in [-0.2, -0.15) is 4.31 Å². The molecule has 1 aromatic rings. The maximum absolute atomic E-state index is 12.6. The van der Waals surface area contributed by atoms with Crippen LogP contribution in [0.5, 0.6) is 5.75 Å². The van der Waals surface area contributed by atoms with Crippen molar-refractivity contribution >= 4 is 10.0 Å². The molecule has 0 saturated heterocycles. The Morgan fingerprint density at radius 1 is 1.30 bits per heavy atom. The van der Waals surface area contributed by atoms with E-state index in [1.54, 1.807) is 24.3 Å². The molecule has 112 valence electrons. The Balaban J connectivity index is 2.22. The predicted molar refractivity (Wildman–Crippen MR) is 76.2 cm³/mol. The van der Waals surface area contributed by atoms with Crippen LogP contribution in [-0.4, -0.2) is 43.6 Å². The van der Waals surface area contributed by atoms with Crippen LogP contribution in [-0.2, 0) is 10.0 Å². The normalized spacial score (nSPS) is 16.1. The zero-order valence-electron chi connectivity index (χ0n) is 11.7. The SMILES string of the molecule is CCOc1ccc(S(=O)(=O)N(CCO)C2CCC2)cc1. The fraction of sp³-hybridized carbons (Fsp3) is 0.571. The van der Waals surface area contributed by atoms with Gasteiger partial charge in [0, 0.05) is 12.6 Å². The van der Waals surface area contributed by atoms with E-state index in [1.165, 1.54) is 4.31 Å². The first-order valence-electron chi connectivity index (χ1n) is 6.95. The molecule has 1 fully saturated rings. The van der Waals surface area contributed by atoms with Crippen LogP contribution in [0.2, 0.25) is 0 Å². The zero-order valence-corrected chi connectivity index (χ0v) is 12.5. The third-order valence-corrected chi connectivity index (χ3v) is 5.51. The highest BCUT2D eigenvalue weighted by atomic mass is 32.2. The molecule has 0 amide bonds. The van der Waals surface area contributed by atoms with Gasteiger partial charge in [-0.1, -0.05) is 6.42 Å². The lowest BCUT2D eigenvalue weighted by molar-refractivity contribution is 0.178. The number of hydrogen-bond acceptors (Lipinski definition) is 4. The van der Waals surface area contributed by atoms with E-state index in [0.29, 0.717) is 12.4 Å². The van der Waals surface area contributed by atoms with E-state index >= 15 is 0 Å². The summed E-state index contributed by atoms with van der Waals surface area (Å²) in [4.78, 5) is 0.251. The topological polar surface area (TPSA) is 66.8 Å². The summed E-state index contributed by atoms with van der Waals surface area (Å²) in [6, 6.07) is 6.47. The molecule has 0 aliphatic heterocycles. The van der Waals surface area contributed by atoms with Gasteiger partial charge in [0.25, 0.3) is 0 Å². The Hall–Kier alpha value is -1.11. The lowest BCUT2D eigenvalue weighted by Crippen LogP contribution is -2.45. The molecular weight excluding hydrogens is 278 g/mol. The van der Waals surface area contributed by atoms with Crippen molar-refractivity contribution < 1.29 is 18.3 Å². The second-order valence-electron chi connectivity index (χ2n) is 4.83. The maximum atomic E-state index is 12.6. The van der Waals surface area contributed by atoms with Crippen LogP contribution in [0.4, 0.5) is 0 Å². The summed E-state index contributed by atoms with van der Waals surface area (Å²) in [7, 11) is -3.54. The zero-order chi connectivity index (χ0) is 14.6. The molecule has 0 atom stereocenters. The van der Waals surface area contributed by atoms with Gasteiger partial charge in [-0.15, -0.1) is 0 Å². The highest BCUT2D eigenvalue weighted by Crippen LogP contribution is 2.30. The molecule has 2 rings (SSSR count). The minimum atomic E-state index is -3.54. The van der Waals surface area contributed by atoms with Crippen molar-refractivity contribution in [3.63, 3.8) is 0 Å². The van der Waals surface area contributed by atoms with Crippen molar-refractivity contribution in [2.24, 2.45) is 0 Å². The van der Waals surface area contributed by atoms with Crippen LogP contribution in [0.1, 0.15) is 26.2 Å². The van der Waals surface area contributed by atoms with Crippen molar-refractivity contribution in [3.05, 3.63) is 24.3 Å². The first-order chi connectivity index (χ1) is 9.59. The summed E-state index contributed by atoms with van der Waals surface area (Å²) in [5.41, 5.74) is 0. The van der Waals surface area contributed by atoms with Gasteiger partial charge in [0.15, 0.2) is 0 Å². The monoisotopic (exact) mass is 299 g/mol. The standard InChI is InChI=1S/C14H21NO4S/c1-2-19-13-6-8-14(9-7-13)20(17,18)15(10-11-16)12-4-3-5-12/h6-9,12,16H,2-5,10-11H2,1H3. The van der Waals surface area contributed by atoms with E-state index in [1.807, 2.05) is 6.92 Å². The molecule has 1 aromatic carbocycles. The molecule has 1 aliphatic carbocycles. The van der Waals surface area contributed by atoms with Crippen LogP contribution in [0.15, 0.2) is 29.2 Å². The second kappa shape index (κ2) is 6.56.